The van der Waals surface area contributed by atoms with E-state index in [1.165, 1.54) is 12.1 Å². The van der Waals surface area contributed by atoms with Gasteiger partial charge in [-0.3, -0.25) is 0 Å². The van der Waals surface area contributed by atoms with Crippen LogP contribution in [-0.4, -0.2) is 15.1 Å². The normalized spacial score (nSPS) is 11.1. The lowest BCUT2D eigenvalue weighted by molar-refractivity contribution is 0.392. The fourth-order valence-corrected chi connectivity index (χ4v) is 4.49. The number of thiophene rings is 1. The maximum Gasteiger partial charge on any atom is 0.236 e. The van der Waals surface area contributed by atoms with Crippen molar-refractivity contribution >= 4 is 34.4 Å². The molecule has 0 N–H and O–H groups in total. The summed E-state index contributed by atoms with van der Waals surface area (Å²) >= 11 is 4.82. The summed E-state index contributed by atoms with van der Waals surface area (Å²) in [6.07, 6.45) is 0. The summed E-state index contributed by atoms with van der Waals surface area (Å²) in [5, 5.41) is 8.91. The first-order chi connectivity index (χ1) is 12.3. The summed E-state index contributed by atoms with van der Waals surface area (Å²) in [5.41, 5.74) is 1.92. The van der Waals surface area contributed by atoms with E-state index in [-0.39, 0.29) is 5.82 Å². The Morgan fingerprint density at radius 3 is 2.72 bits per heavy atom. The molecule has 0 saturated carbocycles. The second kappa shape index (κ2) is 7.47. The molecule has 8 heteroatoms. The molecule has 0 atom stereocenters. The van der Waals surface area contributed by atoms with Crippen LogP contribution in [0, 0.1) is 5.82 Å². The second-order valence-electron chi connectivity index (χ2n) is 5.13. The third-order valence-corrected chi connectivity index (χ3v) is 6.09. The highest BCUT2D eigenvalue weighted by molar-refractivity contribution is 7.97. The minimum absolute atomic E-state index is 0.238. The Labute approximate surface area is 155 Å². The van der Waals surface area contributed by atoms with E-state index in [1.807, 2.05) is 22.9 Å². The molecule has 0 fully saturated rings. The molecule has 0 aliphatic rings. The van der Waals surface area contributed by atoms with E-state index in [9.17, 15) is 4.39 Å². The van der Waals surface area contributed by atoms with Crippen LogP contribution in [0.15, 0.2) is 51.7 Å². The Balaban J connectivity index is 1.34. The van der Waals surface area contributed by atoms with E-state index < -0.39 is 0 Å². The van der Waals surface area contributed by atoms with E-state index >= 15 is 0 Å². The van der Waals surface area contributed by atoms with Gasteiger partial charge >= 0.3 is 0 Å². The lowest BCUT2D eigenvalue weighted by Crippen LogP contribution is -1.85. The van der Waals surface area contributed by atoms with Crippen molar-refractivity contribution in [3.05, 3.63) is 64.6 Å². The predicted molar refractivity (Wildman–Crippen MR) is 100 cm³/mol. The molecule has 0 spiro atoms. The third-order valence-electron chi connectivity index (χ3n) is 3.33. The van der Waals surface area contributed by atoms with Crippen LogP contribution in [0.1, 0.15) is 11.6 Å². The minimum Gasteiger partial charge on any atom is -0.338 e. The summed E-state index contributed by atoms with van der Waals surface area (Å²) in [4.78, 5) is 10.0. The van der Waals surface area contributed by atoms with E-state index in [2.05, 4.69) is 15.1 Å². The molecule has 1 aromatic carbocycles. The third kappa shape index (κ3) is 3.97. The number of rotatable bonds is 6. The van der Waals surface area contributed by atoms with Crippen LogP contribution in [0.4, 0.5) is 4.39 Å². The molecule has 3 aromatic heterocycles. The number of hydrogen-bond acceptors (Lipinski definition) is 7. The van der Waals surface area contributed by atoms with Crippen molar-refractivity contribution in [2.45, 2.75) is 11.5 Å². The van der Waals surface area contributed by atoms with Crippen molar-refractivity contribution in [2.75, 3.05) is 0 Å². The molecule has 126 valence electrons. The lowest BCUT2D eigenvalue weighted by atomic mass is 10.2. The van der Waals surface area contributed by atoms with Gasteiger partial charge in [0.25, 0.3) is 0 Å². The summed E-state index contributed by atoms with van der Waals surface area (Å²) in [6, 6.07) is 10.3. The highest BCUT2D eigenvalue weighted by Gasteiger charge is 2.10. The average Bonchev–Trinajstić information content (AvgIpc) is 3.37. The molecule has 0 saturated heterocycles. The van der Waals surface area contributed by atoms with Gasteiger partial charge in [0.2, 0.25) is 11.7 Å². The van der Waals surface area contributed by atoms with E-state index in [0.717, 1.165) is 26.9 Å². The molecule has 4 rings (SSSR count). The molecule has 0 aliphatic heterocycles. The van der Waals surface area contributed by atoms with E-state index in [1.54, 1.807) is 46.6 Å². The molecule has 0 bridgehead atoms. The van der Waals surface area contributed by atoms with Crippen molar-refractivity contribution in [1.29, 1.82) is 0 Å². The molecule has 3 heterocycles. The highest BCUT2D eigenvalue weighted by Crippen LogP contribution is 2.27. The number of thiazole rings is 1. The Bertz CT molecular complexity index is 948. The van der Waals surface area contributed by atoms with Gasteiger partial charge in [0.05, 0.1) is 16.3 Å². The molecule has 0 amide bonds. The van der Waals surface area contributed by atoms with Gasteiger partial charge in [-0.15, -0.1) is 34.4 Å². The van der Waals surface area contributed by atoms with Gasteiger partial charge in [0.15, 0.2) is 0 Å². The molecular formula is C17H12FN3OS3. The Hall–Kier alpha value is -2.03. The quantitative estimate of drug-likeness (QED) is 0.436. The van der Waals surface area contributed by atoms with Crippen LogP contribution < -0.4 is 0 Å². The van der Waals surface area contributed by atoms with Crippen LogP contribution >= 0.6 is 34.4 Å². The van der Waals surface area contributed by atoms with Gasteiger partial charge in [-0.2, -0.15) is 4.98 Å². The van der Waals surface area contributed by atoms with Gasteiger partial charge in [-0.1, -0.05) is 11.2 Å². The van der Waals surface area contributed by atoms with Crippen LogP contribution in [0.2, 0.25) is 0 Å². The summed E-state index contributed by atoms with van der Waals surface area (Å²) in [7, 11) is 0. The van der Waals surface area contributed by atoms with Gasteiger partial charge in [0.1, 0.15) is 10.8 Å². The van der Waals surface area contributed by atoms with E-state index in [4.69, 9.17) is 4.52 Å². The molecular weight excluding hydrogens is 377 g/mol. The van der Waals surface area contributed by atoms with Crippen LogP contribution in [-0.2, 0) is 11.5 Å². The van der Waals surface area contributed by atoms with E-state index in [0.29, 0.717) is 17.5 Å². The van der Waals surface area contributed by atoms with Gasteiger partial charge in [0, 0.05) is 16.7 Å². The van der Waals surface area contributed by atoms with Crippen LogP contribution in [0.5, 0.6) is 0 Å². The molecule has 4 nitrogen and oxygen atoms in total. The fraction of sp³-hybridized carbons (Fsp3) is 0.118. The SMILES string of the molecule is Fc1ccc(-c2nc(CSCc3nc(-c4cccs4)no3)cs2)cc1. The topological polar surface area (TPSA) is 51.8 Å². The monoisotopic (exact) mass is 389 g/mol. The number of nitrogens with zero attached hydrogens (tertiary/aromatic N) is 3. The van der Waals surface area contributed by atoms with Crippen molar-refractivity contribution in [3.63, 3.8) is 0 Å². The number of benzene rings is 1. The van der Waals surface area contributed by atoms with Gasteiger partial charge < -0.3 is 4.52 Å². The summed E-state index contributed by atoms with van der Waals surface area (Å²) < 4.78 is 18.3. The molecule has 25 heavy (non-hydrogen) atoms. The number of halogens is 1. The largest absolute Gasteiger partial charge is 0.338 e. The van der Waals surface area contributed by atoms with Crippen molar-refractivity contribution in [2.24, 2.45) is 0 Å². The van der Waals surface area contributed by atoms with Gasteiger partial charge in [-0.05, 0) is 35.7 Å². The first kappa shape index (κ1) is 16.4. The Kier molecular flexibility index (Phi) is 4.91. The number of hydrogen-bond donors (Lipinski definition) is 0. The molecule has 4 aromatic rings. The maximum atomic E-state index is 13.0. The standard InChI is InChI=1S/C17H12FN3OS3/c18-12-5-3-11(4-6-12)17-19-13(9-25-17)8-23-10-15-20-16(21-22-15)14-2-1-7-24-14/h1-7,9H,8,10H2. The number of thioether (sulfide) groups is 1. The zero-order valence-electron chi connectivity index (χ0n) is 12.9. The van der Waals surface area contributed by atoms with Crippen molar-refractivity contribution in [1.82, 2.24) is 15.1 Å². The second-order valence-corrected chi connectivity index (χ2v) is 7.92. The molecule has 0 aliphatic carbocycles. The summed E-state index contributed by atoms with van der Waals surface area (Å²) in [6.45, 7) is 0. The van der Waals surface area contributed by atoms with Crippen molar-refractivity contribution < 1.29 is 8.91 Å². The molecule has 0 unspecified atom stereocenters. The number of aromatic nitrogens is 3. The zero-order chi connectivity index (χ0) is 17.1. The highest BCUT2D eigenvalue weighted by atomic mass is 32.2. The van der Waals surface area contributed by atoms with Crippen molar-refractivity contribution in [3.8, 4) is 21.3 Å². The predicted octanol–water partition coefficient (Wildman–Crippen LogP) is 5.49. The van der Waals surface area contributed by atoms with Crippen LogP contribution in [0.3, 0.4) is 0 Å². The first-order valence-corrected chi connectivity index (χ1v) is 10.3. The zero-order valence-corrected chi connectivity index (χ0v) is 15.3. The fourth-order valence-electron chi connectivity index (χ4n) is 2.16. The maximum absolute atomic E-state index is 13.0. The first-order valence-electron chi connectivity index (χ1n) is 7.42. The Morgan fingerprint density at radius 2 is 1.92 bits per heavy atom. The molecule has 0 radical (unpaired) electrons. The Morgan fingerprint density at radius 1 is 1.04 bits per heavy atom. The van der Waals surface area contributed by atoms with Gasteiger partial charge in [-0.25, -0.2) is 9.37 Å². The smallest absolute Gasteiger partial charge is 0.236 e. The minimum atomic E-state index is -0.238. The summed E-state index contributed by atoms with van der Waals surface area (Å²) in [5.74, 6) is 2.41. The average molecular weight is 390 g/mol. The lowest BCUT2D eigenvalue weighted by Gasteiger charge is -1.96. The van der Waals surface area contributed by atoms with Crippen LogP contribution in [0.25, 0.3) is 21.3 Å².